The van der Waals surface area contributed by atoms with Gasteiger partial charge in [0.25, 0.3) is 5.91 Å². The van der Waals surface area contributed by atoms with Gasteiger partial charge in [0.2, 0.25) is 0 Å². The molecule has 36 heavy (non-hydrogen) atoms. The predicted molar refractivity (Wildman–Crippen MR) is 124 cm³/mol. The Morgan fingerprint density at radius 2 is 1.86 bits per heavy atom. The molecule has 4 aromatic rings. The van der Waals surface area contributed by atoms with E-state index >= 15 is 0 Å². The van der Waals surface area contributed by atoms with Crippen LogP contribution in [0.15, 0.2) is 54.6 Å². The van der Waals surface area contributed by atoms with Crippen molar-refractivity contribution in [2.24, 2.45) is 5.73 Å². The normalized spacial score (nSPS) is 11.3. The number of carboxylic acid groups (broad SMARTS) is 1. The van der Waals surface area contributed by atoms with E-state index in [-0.39, 0.29) is 34.3 Å². The Morgan fingerprint density at radius 3 is 2.50 bits per heavy atom. The van der Waals surface area contributed by atoms with E-state index in [1.54, 1.807) is 6.07 Å². The van der Waals surface area contributed by atoms with Crippen molar-refractivity contribution in [3.05, 3.63) is 87.7 Å². The lowest BCUT2D eigenvalue weighted by atomic mass is 10.0. The molecule has 0 saturated carbocycles. The first kappa shape index (κ1) is 24.9. The summed E-state index contributed by atoms with van der Waals surface area (Å²) in [5.41, 5.74) is 3.15. The lowest BCUT2D eigenvalue weighted by Gasteiger charge is -2.13. The van der Waals surface area contributed by atoms with Crippen LogP contribution in [0.1, 0.15) is 31.8 Å². The summed E-state index contributed by atoms with van der Waals surface area (Å²) in [5, 5.41) is 13.0. The third-order valence-electron chi connectivity index (χ3n) is 5.21. The summed E-state index contributed by atoms with van der Waals surface area (Å²) in [6, 6.07) is 10.4. The predicted octanol–water partition coefficient (Wildman–Crippen LogP) is 5.21. The Labute approximate surface area is 205 Å². The Balaban J connectivity index is 2.01. The van der Waals surface area contributed by atoms with E-state index in [1.807, 2.05) is 0 Å². The number of rotatable bonds is 3. The zero-order chi connectivity index (χ0) is 26.2. The van der Waals surface area contributed by atoms with Crippen molar-refractivity contribution < 1.29 is 32.3 Å². The van der Waals surface area contributed by atoms with Gasteiger partial charge >= 0.3 is 12.1 Å². The summed E-state index contributed by atoms with van der Waals surface area (Å²) < 4.78 is 56.6. The number of hydrogen-bond acceptors (Lipinski definition) is 4. The van der Waals surface area contributed by atoms with E-state index in [0.717, 1.165) is 30.3 Å². The number of nitrogens with two attached hydrogens (primary N) is 1. The molecule has 4 rings (SSSR count). The van der Waals surface area contributed by atoms with Gasteiger partial charge < -0.3 is 10.8 Å². The van der Waals surface area contributed by atoms with Crippen molar-refractivity contribution in [3.8, 4) is 23.1 Å². The fourth-order valence-corrected chi connectivity index (χ4v) is 3.88. The van der Waals surface area contributed by atoms with Crippen LogP contribution in [0.2, 0.25) is 5.02 Å². The molecule has 182 valence electrons. The van der Waals surface area contributed by atoms with Gasteiger partial charge in [-0.25, -0.2) is 9.18 Å². The van der Waals surface area contributed by atoms with Gasteiger partial charge in [-0.1, -0.05) is 29.5 Å². The number of hydrogen-bond donors (Lipinski definition) is 2. The maximum absolute atomic E-state index is 14.9. The average Bonchev–Trinajstić information content (AvgIpc) is 3.20. The average molecular weight is 516 g/mol. The molecule has 0 fully saturated rings. The molecule has 0 aliphatic rings. The van der Waals surface area contributed by atoms with Crippen molar-refractivity contribution in [1.29, 1.82) is 0 Å². The van der Waals surface area contributed by atoms with Crippen LogP contribution in [-0.4, -0.2) is 33.3 Å². The third-order valence-corrected chi connectivity index (χ3v) is 5.53. The molecule has 3 N–H and O–H groups in total. The van der Waals surface area contributed by atoms with E-state index in [2.05, 4.69) is 16.9 Å². The number of carbonyl (C=O) groups is 2. The van der Waals surface area contributed by atoms with E-state index in [4.69, 9.17) is 22.4 Å². The van der Waals surface area contributed by atoms with Crippen molar-refractivity contribution in [3.63, 3.8) is 0 Å². The number of aromatic carboxylic acids is 1. The van der Waals surface area contributed by atoms with Crippen LogP contribution in [0.5, 0.6) is 0 Å². The van der Waals surface area contributed by atoms with Crippen molar-refractivity contribution in [2.45, 2.75) is 6.18 Å². The standard InChI is InChI=1S/C25H14ClF4N3O3/c26-18-5-1-4-17(25(28,29)30)21(18)23(34)33-20-11-13(3-2-10-31)6-8-16(20)22(32-33)15-9-7-14(24(35)36)12-19(15)27/h1,4-9,11-12H,10,31H2,(H,35,36). The number of benzene rings is 3. The molecular weight excluding hydrogens is 502 g/mol. The van der Waals surface area contributed by atoms with Crippen LogP contribution >= 0.6 is 11.6 Å². The number of nitrogens with zero attached hydrogens (tertiary/aromatic N) is 2. The lowest BCUT2D eigenvalue weighted by molar-refractivity contribution is -0.137. The van der Waals surface area contributed by atoms with Gasteiger partial charge in [-0.15, -0.1) is 0 Å². The molecule has 0 radical (unpaired) electrons. The Kier molecular flexibility index (Phi) is 6.54. The first-order valence-corrected chi connectivity index (χ1v) is 10.6. The molecular formula is C25H14ClF4N3O3. The maximum atomic E-state index is 14.9. The molecule has 1 heterocycles. The van der Waals surface area contributed by atoms with E-state index in [9.17, 15) is 27.2 Å². The van der Waals surface area contributed by atoms with E-state index in [0.29, 0.717) is 16.3 Å². The zero-order valence-electron chi connectivity index (χ0n) is 18.0. The third kappa shape index (κ3) is 4.54. The minimum Gasteiger partial charge on any atom is -0.478 e. The first-order chi connectivity index (χ1) is 17.0. The number of halogens is 5. The summed E-state index contributed by atoms with van der Waals surface area (Å²) in [6.07, 6.45) is -4.89. The molecule has 0 aliphatic heterocycles. The Hall–Kier alpha value is -4.20. The maximum Gasteiger partial charge on any atom is 0.417 e. The molecule has 11 heteroatoms. The molecule has 0 saturated heterocycles. The highest BCUT2D eigenvalue weighted by Crippen LogP contribution is 2.37. The fraction of sp³-hybridized carbons (Fsp3) is 0.0800. The summed E-state index contributed by atoms with van der Waals surface area (Å²) in [7, 11) is 0. The van der Waals surface area contributed by atoms with Gasteiger partial charge in [0.1, 0.15) is 11.5 Å². The van der Waals surface area contributed by atoms with Crippen LogP contribution in [0.4, 0.5) is 17.6 Å². The molecule has 3 aromatic carbocycles. The second-order valence-corrected chi connectivity index (χ2v) is 7.87. The number of carbonyl (C=O) groups excluding carboxylic acids is 1. The second-order valence-electron chi connectivity index (χ2n) is 7.46. The fourth-order valence-electron chi connectivity index (χ4n) is 3.62. The molecule has 1 aromatic heterocycles. The molecule has 0 atom stereocenters. The molecule has 0 unspecified atom stereocenters. The van der Waals surface area contributed by atoms with Crippen LogP contribution in [0, 0.1) is 17.7 Å². The lowest BCUT2D eigenvalue weighted by Crippen LogP contribution is -2.20. The van der Waals surface area contributed by atoms with Crippen molar-refractivity contribution >= 4 is 34.4 Å². The molecule has 6 nitrogen and oxygen atoms in total. The minimum absolute atomic E-state index is 0.0357. The van der Waals surface area contributed by atoms with Crippen LogP contribution < -0.4 is 5.73 Å². The number of carboxylic acids is 1. The largest absolute Gasteiger partial charge is 0.478 e. The quantitative estimate of drug-likeness (QED) is 0.288. The topological polar surface area (TPSA) is 98.2 Å². The monoisotopic (exact) mass is 515 g/mol. The van der Waals surface area contributed by atoms with E-state index < -0.39 is 40.0 Å². The Bertz CT molecular complexity index is 1600. The van der Waals surface area contributed by atoms with E-state index in [1.165, 1.54) is 12.1 Å². The van der Waals surface area contributed by atoms with Gasteiger partial charge in [-0.3, -0.25) is 4.79 Å². The number of fused-ring (bicyclic) bond motifs is 1. The Morgan fingerprint density at radius 1 is 1.11 bits per heavy atom. The first-order valence-electron chi connectivity index (χ1n) is 10.2. The zero-order valence-corrected chi connectivity index (χ0v) is 18.8. The number of aromatic nitrogens is 2. The number of alkyl halides is 3. The molecule has 0 spiro atoms. The van der Waals surface area contributed by atoms with Gasteiger partial charge in [-0.05, 0) is 48.5 Å². The van der Waals surface area contributed by atoms with Crippen LogP contribution in [0.3, 0.4) is 0 Å². The van der Waals surface area contributed by atoms with Crippen LogP contribution in [-0.2, 0) is 6.18 Å². The highest BCUT2D eigenvalue weighted by atomic mass is 35.5. The molecule has 0 amide bonds. The minimum atomic E-state index is -4.89. The van der Waals surface area contributed by atoms with Crippen molar-refractivity contribution in [2.75, 3.05) is 6.54 Å². The highest BCUT2D eigenvalue weighted by molar-refractivity contribution is 6.34. The van der Waals surface area contributed by atoms with Crippen LogP contribution in [0.25, 0.3) is 22.2 Å². The molecule has 0 aliphatic carbocycles. The summed E-state index contributed by atoms with van der Waals surface area (Å²) in [5.74, 6) is 1.88. The van der Waals surface area contributed by atoms with Crippen molar-refractivity contribution in [1.82, 2.24) is 9.78 Å². The SMILES string of the molecule is NCC#Cc1ccc2c(-c3ccc(C(=O)O)cc3F)nn(C(=O)c3c(Cl)cccc3C(F)(F)F)c2c1. The van der Waals surface area contributed by atoms with Gasteiger partial charge in [0, 0.05) is 16.5 Å². The smallest absolute Gasteiger partial charge is 0.417 e. The second kappa shape index (κ2) is 9.45. The summed E-state index contributed by atoms with van der Waals surface area (Å²) >= 11 is 6.01. The summed E-state index contributed by atoms with van der Waals surface area (Å²) in [6.45, 7) is 0.0389. The highest BCUT2D eigenvalue weighted by Gasteiger charge is 2.37. The van der Waals surface area contributed by atoms with Gasteiger partial charge in [0.05, 0.1) is 33.8 Å². The van der Waals surface area contributed by atoms with Gasteiger partial charge in [-0.2, -0.15) is 23.0 Å². The molecule has 0 bridgehead atoms. The summed E-state index contributed by atoms with van der Waals surface area (Å²) in [4.78, 5) is 24.6. The van der Waals surface area contributed by atoms with Gasteiger partial charge in [0.15, 0.2) is 0 Å².